The molecular formula is C25H20F2N4O2S. The normalized spacial score (nSPS) is 13.7. The number of benzene rings is 3. The van der Waals surface area contributed by atoms with Crippen LogP contribution in [-0.4, -0.2) is 41.5 Å². The summed E-state index contributed by atoms with van der Waals surface area (Å²) in [6.45, 7) is 2.50. The number of thiazole rings is 1. The van der Waals surface area contributed by atoms with Crippen LogP contribution in [0.2, 0.25) is 0 Å². The van der Waals surface area contributed by atoms with Gasteiger partial charge in [-0.2, -0.15) is 0 Å². The summed E-state index contributed by atoms with van der Waals surface area (Å²) in [6.07, 6.45) is 0. The van der Waals surface area contributed by atoms with Crippen molar-refractivity contribution in [3.8, 4) is 10.6 Å². The smallest absolute Gasteiger partial charge is 0.325 e. The van der Waals surface area contributed by atoms with Crippen molar-refractivity contribution in [2.75, 3.05) is 29.9 Å². The minimum Gasteiger partial charge on any atom is -0.325 e. The molecule has 0 saturated carbocycles. The quantitative estimate of drug-likeness (QED) is 0.416. The fourth-order valence-corrected chi connectivity index (χ4v) is 4.92. The molecule has 1 aliphatic heterocycles. The zero-order valence-electron chi connectivity index (χ0n) is 18.2. The van der Waals surface area contributed by atoms with Crippen molar-refractivity contribution in [3.05, 3.63) is 77.9 Å². The van der Waals surface area contributed by atoms with Crippen LogP contribution in [0.15, 0.2) is 60.7 Å². The molecule has 0 aliphatic carbocycles. The van der Waals surface area contributed by atoms with Gasteiger partial charge in [0.1, 0.15) is 11.6 Å². The van der Waals surface area contributed by atoms with Crippen LogP contribution < -0.4 is 10.2 Å². The maximum atomic E-state index is 13.5. The fraction of sp³-hybridized carbons (Fsp3) is 0.160. The van der Waals surface area contributed by atoms with Crippen LogP contribution in [0.3, 0.4) is 0 Å². The van der Waals surface area contributed by atoms with E-state index >= 15 is 0 Å². The summed E-state index contributed by atoms with van der Waals surface area (Å²) in [6, 6.07) is 16.4. The molecule has 1 N–H and O–H groups in total. The van der Waals surface area contributed by atoms with Gasteiger partial charge in [-0.3, -0.25) is 9.69 Å². The minimum absolute atomic E-state index is 0.141. The van der Waals surface area contributed by atoms with E-state index in [1.165, 1.54) is 21.4 Å². The lowest BCUT2D eigenvalue weighted by Crippen LogP contribution is -2.37. The Bertz CT molecular complexity index is 1400. The number of amides is 3. The summed E-state index contributed by atoms with van der Waals surface area (Å²) in [5.41, 5.74) is 3.96. The molecule has 9 heteroatoms. The minimum atomic E-state index is -1.02. The van der Waals surface area contributed by atoms with Crippen molar-refractivity contribution in [1.82, 2.24) is 9.88 Å². The summed E-state index contributed by atoms with van der Waals surface area (Å²) in [7, 11) is 0. The summed E-state index contributed by atoms with van der Waals surface area (Å²) in [5.74, 6) is -2.34. The van der Waals surface area contributed by atoms with Crippen LogP contribution in [0.5, 0.6) is 0 Å². The molecule has 0 spiro atoms. The van der Waals surface area contributed by atoms with Gasteiger partial charge in [-0.05, 0) is 61.0 Å². The Hall–Kier alpha value is -3.85. The maximum absolute atomic E-state index is 13.5. The van der Waals surface area contributed by atoms with E-state index in [0.29, 0.717) is 12.2 Å². The number of aromatic nitrogens is 1. The topological polar surface area (TPSA) is 65.5 Å². The highest BCUT2D eigenvalue weighted by Gasteiger charge is 2.31. The van der Waals surface area contributed by atoms with Crippen molar-refractivity contribution < 1.29 is 18.4 Å². The van der Waals surface area contributed by atoms with Crippen LogP contribution in [-0.2, 0) is 4.79 Å². The number of carbonyl (C=O) groups excluding carboxylic acids is 2. The number of aryl methyl sites for hydroxylation is 1. The van der Waals surface area contributed by atoms with E-state index in [1.54, 1.807) is 23.5 Å². The van der Waals surface area contributed by atoms with E-state index in [9.17, 15) is 18.4 Å². The molecule has 172 valence electrons. The average molecular weight is 479 g/mol. The Balaban J connectivity index is 1.21. The van der Waals surface area contributed by atoms with E-state index < -0.39 is 17.7 Å². The Morgan fingerprint density at radius 3 is 2.59 bits per heavy atom. The molecule has 4 aromatic rings. The summed E-state index contributed by atoms with van der Waals surface area (Å²) in [4.78, 5) is 32.5. The van der Waals surface area contributed by atoms with Gasteiger partial charge < -0.3 is 10.2 Å². The molecule has 0 bridgehead atoms. The lowest BCUT2D eigenvalue weighted by Gasteiger charge is -2.18. The van der Waals surface area contributed by atoms with E-state index in [0.717, 1.165) is 32.9 Å². The first-order valence-electron chi connectivity index (χ1n) is 10.7. The highest BCUT2D eigenvalue weighted by Crippen LogP contribution is 2.31. The lowest BCUT2D eigenvalue weighted by atomic mass is 10.2. The van der Waals surface area contributed by atoms with E-state index in [1.807, 2.05) is 31.2 Å². The summed E-state index contributed by atoms with van der Waals surface area (Å²) >= 11 is 1.61. The van der Waals surface area contributed by atoms with Crippen LogP contribution in [0.4, 0.5) is 25.0 Å². The maximum Gasteiger partial charge on any atom is 0.325 e. The molecule has 5 rings (SSSR count). The van der Waals surface area contributed by atoms with Crippen LogP contribution >= 0.6 is 11.3 Å². The van der Waals surface area contributed by atoms with Crippen molar-refractivity contribution >= 4 is 44.9 Å². The number of carbonyl (C=O) groups is 2. The third-order valence-corrected chi connectivity index (χ3v) is 6.67. The average Bonchev–Trinajstić information content (AvgIpc) is 3.39. The molecule has 0 unspecified atom stereocenters. The van der Waals surface area contributed by atoms with Gasteiger partial charge in [0.05, 0.1) is 10.2 Å². The Morgan fingerprint density at radius 2 is 1.82 bits per heavy atom. The number of rotatable bonds is 5. The molecule has 34 heavy (non-hydrogen) atoms. The monoisotopic (exact) mass is 478 g/mol. The van der Waals surface area contributed by atoms with Gasteiger partial charge in [0.25, 0.3) is 0 Å². The molecule has 3 aromatic carbocycles. The Labute approximate surface area is 198 Å². The number of hydrogen-bond acceptors (Lipinski definition) is 4. The molecule has 1 aromatic heterocycles. The highest BCUT2D eigenvalue weighted by atomic mass is 32.1. The van der Waals surface area contributed by atoms with Gasteiger partial charge in [-0.25, -0.2) is 18.6 Å². The summed E-state index contributed by atoms with van der Waals surface area (Å²) < 4.78 is 27.8. The zero-order valence-corrected chi connectivity index (χ0v) is 19.0. The molecule has 1 aliphatic rings. The number of fused-ring (bicyclic) bond motifs is 1. The third kappa shape index (κ3) is 4.34. The van der Waals surface area contributed by atoms with Crippen LogP contribution in [0.25, 0.3) is 20.8 Å². The van der Waals surface area contributed by atoms with Crippen LogP contribution in [0, 0.1) is 18.6 Å². The number of hydrogen-bond donors (Lipinski definition) is 1. The van der Waals surface area contributed by atoms with Gasteiger partial charge in [0.2, 0.25) is 5.91 Å². The van der Waals surface area contributed by atoms with Crippen molar-refractivity contribution in [2.45, 2.75) is 6.92 Å². The number of urea groups is 1. The predicted molar refractivity (Wildman–Crippen MR) is 129 cm³/mol. The van der Waals surface area contributed by atoms with Crippen molar-refractivity contribution in [1.29, 1.82) is 0 Å². The first-order valence-corrected chi connectivity index (χ1v) is 11.5. The number of nitrogens with one attached hydrogen (secondary N) is 1. The molecule has 0 atom stereocenters. The zero-order chi connectivity index (χ0) is 23.8. The molecule has 2 heterocycles. The third-order valence-electron chi connectivity index (χ3n) is 5.60. The second kappa shape index (κ2) is 8.83. The highest BCUT2D eigenvalue weighted by molar-refractivity contribution is 7.21. The molecule has 1 fully saturated rings. The predicted octanol–water partition coefficient (Wildman–Crippen LogP) is 5.43. The second-order valence-electron chi connectivity index (χ2n) is 8.07. The first-order chi connectivity index (χ1) is 16.4. The number of anilines is 2. The van der Waals surface area contributed by atoms with Gasteiger partial charge in [0.15, 0.2) is 11.6 Å². The van der Waals surface area contributed by atoms with E-state index in [2.05, 4.69) is 16.4 Å². The van der Waals surface area contributed by atoms with Gasteiger partial charge in [-0.1, -0.05) is 6.07 Å². The van der Waals surface area contributed by atoms with Gasteiger partial charge in [0, 0.05) is 36.1 Å². The Kier molecular flexibility index (Phi) is 5.70. The van der Waals surface area contributed by atoms with Crippen molar-refractivity contribution in [3.63, 3.8) is 0 Å². The summed E-state index contributed by atoms with van der Waals surface area (Å²) in [5, 5.41) is 3.70. The molecule has 1 saturated heterocycles. The van der Waals surface area contributed by atoms with Crippen LogP contribution in [0.1, 0.15) is 5.56 Å². The largest absolute Gasteiger partial charge is 0.325 e. The molecular weight excluding hydrogens is 458 g/mol. The van der Waals surface area contributed by atoms with Crippen molar-refractivity contribution in [2.24, 2.45) is 0 Å². The Morgan fingerprint density at radius 1 is 1.03 bits per heavy atom. The fourth-order valence-electron chi connectivity index (χ4n) is 3.85. The lowest BCUT2D eigenvalue weighted by molar-refractivity contribution is -0.116. The van der Waals surface area contributed by atoms with Gasteiger partial charge in [-0.15, -0.1) is 11.3 Å². The first kappa shape index (κ1) is 22.0. The number of halogens is 2. The molecule has 6 nitrogen and oxygen atoms in total. The van der Waals surface area contributed by atoms with Gasteiger partial charge >= 0.3 is 6.03 Å². The second-order valence-corrected chi connectivity index (χ2v) is 9.10. The molecule has 0 radical (unpaired) electrons. The SMILES string of the molecule is Cc1ccc2nc(-c3ccc(NC(=O)CN4CCN(c5ccc(F)c(F)c5)C4=O)cc3)sc2c1. The number of nitrogens with zero attached hydrogens (tertiary/aromatic N) is 3. The van der Waals surface area contributed by atoms with E-state index in [4.69, 9.17) is 0 Å². The molecule has 3 amide bonds. The van der Waals surface area contributed by atoms with E-state index in [-0.39, 0.29) is 24.7 Å². The standard InChI is InChI=1S/C25H20F2N4O2S/c1-15-2-9-21-22(12-15)34-24(29-21)16-3-5-17(6-4-16)28-23(32)14-30-10-11-31(25(30)33)18-7-8-19(26)20(27)13-18/h2-9,12-13H,10-11,14H2,1H3,(H,28,32).